The number of benzene rings is 2. The maximum atomic E-state index is 13.9. The zero-order chi connectivity index (χ0) is 21.3. The summed E-state index contributed by atoms with van der Waals surface area (Å²) < 4.78 is 16.8. The normalized spacial score (nSPS) is 15.7. The van der Waals surface area contributed by atoms with Gasteiger partial charge in [0.15, 0.2) is 0 Å². The predicted octanol–water partition coefficient (Wildman–Crippen LogP) is 4.08. The number of halogens is 2. The van der Waals surface area contributed by atoms with Gasteiger partial charge in [-0.3, -0.25) is 9.59 Å². The lowest BCUT2D eigenvalue weighted by molar-refractivity contribution is -0.137. The summed E-state index contributed by atoms with van der Waals surface area (Å²) in [4.78, 5) is 23.8. The first-order valence-electron chi connectivity index (χ1n) is 9.96. The van der Waals surface area contributed by atoms with Gasteiger partial charge in [0.1, 0.15) is 12.4 Å². The van der Waals surface area contributed by atoms with Crippen LogP contribution in [0.25, 0.3) is 10.9 Å². The van der Waals surface area contributed by atoms with Gasteiger partial charge in [0.2, 0.25) is 5.91 Å². The van der Waals surface area contributed by atoms with Crippen molar-refractivity contribution in [1.29, 1.82) is 0 Å². The molecule has 5 nitrogen and oxygen atoms in total. The molecule has 156 valence electrons. The van der Waals surface area contributed by atoms with Crippen LogP contribution in [-0.2, 0) is 35.4 Å². The Kier molecular flexibility index (Phi) is 6.08. The zero-order valence-electron chi connectivity index (χ0n) is 16.3. The van der Waals surface area contributed by atoms with Crippen LogP contribution in [0.5, 0.6) is 0 Å². The summed E-state index contributed by atoms with van der Waals surface area (Å²) in [6.45, 7) is -0.148. The molecule has 30 heavy (non-hydrogen) atoms. The summed E-state index contributed by atoms with van der Waals surface area (Å²) in [7, 11) is 0. The summed E-state index contributed by atoms with van der Waals surface area (Å²) in [6, 6.07) is 12.5. The van der Waals surface area contributed by atoms with E-state index in [4.69, 9.17) is 0 Å². The molecule has 0 saturated heterocycles. The number of nitrogens with zero attached hydrogens (tertiary/aromatic N) is 1. The highest BCUT2D eigenvalue weighted by molar-refractivity contribution is 14.1. The summed E-state index contributed by atoms with van der Waals surface area (Å²) in [5, 5.41) is 13.1. The van der Waals surface area contributed by atoms with Crippen molar-refractivity contribution in [2.45, 2.75) is 44.7 Å². The average Bonchev–Trinajstić information content (AvgIpc) is 2.98. The van der Waals surface area contributed by atoms with E-state index in [1.54, 1.807) is 10.6 Å². The number of rotatable bonds is 6. The van der Waals surface area contributed by atoms with Crippen LogP contribution in [0.1, 0.15) is 29.7 Å². The third kappa shape index (κ3) is 4.50. The van der Waals surface area contributed by atoms with E-state index in [9.17, 15) is 19.1 Å². The van der Waals surface area contributed by atoms with Crippen molar-refractivity contribution in [3.8, 4) is 0 Å². The molecule has 0 fully saturated rings. The summed E-state index contributed by atoms with van der Waals surface area (Å²) >= 11 is 2.26. The van der Waals surface area contributed by atoms with Gasteiger partial charge in [-0.15, -0.1) is 0 Å². The highest BCUT2D eigenvalue weighted by atomic mass is 127. The van der Waals surface area contributed by atoms with Crippen LogP contribution in [0.2, 0.25) is 0 Å². The lowest BCUT2D eigenvalue weighted by Gasteiger charge is -2.25. The van der Waals surface area contributed by atoms with Crippen LogP contribution < -0.4 is 5.32 Å². The minimum Gasteiger partial charge on any atom is -0.480 e. The maximum absolute atomic E-state index is 13.9. The molecule has 2 N–H and O–H groups in total. The number of carbonyl (C=O) groups excluding carboxylic acids is 1. The first-order chi connectivity index (χ1) is 14.4. The lowest BCUT2D eigenvalue weighted by Crippen LogP contribution is -2.39. The minimum absolute atomic E-state index is 0.00256. The Morgan fingerprint density at radius 3 is 2.83 bits per heavy atom. The van der Waals surface area contributed by atoms with Gasteiger partial charge in [-0.2, -0.15) is 0 Å². The van der Waals surface area contributed by atoms with Gasteiger partial charge in [-0.1, -0.05) is 12.1 Å². The van der Waals surface area contributed by atoms with Crippen LogP contribution in [0, 0.1) is 9.39 Å². The molecule has 1 aliphatic rings. The number of carboxylic acid groups (broad SMARTS) is 1. The van der Waals surface area contributed by atoms with Gasteiger partial charge >= 0.3 is 5.97 Å². The van der Waals surface area contributed by atoms with Gasteiger partial charge in [0.05, 0.1) is 0 Å². The number of carboxylic acids is 1. The Balaban J connectivity index is 1.49. The first-order valence-corrected chi connectivity index (χ1v) is 11.0. The molecule has 3 aromatic rings. The van der Waals surface area contributed by atoms with E-state index in [1.165, 1.54) is 12.1 Å². The minimum atomic E-state index is -0.926. The van der Waals surface area contributed by atoms with E-state index < -0.39 is 5.97 Å². The largest absolute Gasteiger partial charge is 0.480 e. The van der Waals surface area contributed by atoms with Crippen LogP contribution in [0.3, 0.4) is 0 Å². The molecule has 0 bridgehead atoms. The van der Waals surface area contributed by atoms with Crippen molar-refractivity contribution in [3.63, 3.8) is 0 Å². The fourth-order valence-electron chi connectivity index (χ4n) is 4.31. The third-order valence-corrected chi connectivity index (χ3v) is 6.29. The van der Waals surface area contributed by atoms with Crippen molar-refractivity contribution in [3.05, 3.63) is 68.7 Å². The smallest absolute Gasteiger partial charge is 0.323 e. The molecule has 0 radical (unpaired) electrons. The van der Waals surface area contributed by atoms with Gasteiger partial charge in [0.25, 0.3) is 0 Å². The Labute approximate surface area is 187 Å². The topological polar surface area (TPSA) is 71.3 Å². The molecule has 1 unspecified atom stereocenters. The van der Waals surface area contributed by atoms with Crippen LogP contribution >= 0.6 is 22.6 Å². The Hall–Kier alpha value is -2.42. The zero-order valence-corrected chi connectivity index (χ0v) is 18.5. The van der Waals surface area contributed by atoms with Crippen LogP contribution in [-0.4, -0.2) is 27.6 Å². The standard InChI is InChI=1S/C23H22FIN2O3/c24-15-5-7-20-18(11-15)19-12-17(6-8-21(19)27(20)13-23(29)30)26-22(28)9-4-14-2-1-3-16(25)10-14/h1-3,5,7,10-11,17H,4,6,8-9,12-13H2,(H,26,28)(H,29,30). The summed E-state index contributed by atoms with van der Waals surface area (Å²) in [5.74, 6) is -1.27. The molecule has 1 amide bonds. The van der Waals surface area contributed by atoms with Crippen molar-refractivity contribution in [1.82, 2.24) is 9.88 Å². The molecule has 1 aromatic heterocycles. The SMILES string of the molecule is O=C(O)Cn1c2c(c3cc(F)ccc31)CC(NC(=O)CCc1cccc(I)c1)CC2. The average molecular weight is 520 g/mol. The van der Waals surface area contributed by atoms with E-state index in [1.807, 2.05) is 18.2 Å². The fourth-order valence-corrected chi connectivity index (χ4v) is 4.92. The number of aryl methyl sites for hydroxylation is 1. The van der Waals surface area contributed by atoms with Crippen LogP contribution in [0.15, 0.2) is 42.5 Å². The van der Waals surface area contributed by atoms with E-state index >= 15 is 0 Å². The number of aliphatic carboxylic acids is 1. The third-order valence-electron chi connectivity index (χ3n) is 5.62. The van der Waals surface area contributed by atoms with Crippen molar-refractivity contribution in [2.75, 3.05) is 0 Å². The molecule has 0 saturated carbocycles. The lowest BCUT2D eigenvalue weighted by atomic mass is 9.91. The van der Waals surface area contributed by atoms with E-state index in [2.05, 4.69) is 34.0 Å². The number of aromatic nitrogens is 1. The van der Waals surface area contributed by atoms with Gasteiger partial charge in [-0.05, 0) is 89.7 Å². The number of fused-ring (bicyclic) bond motifs is 3. The number of hydrogen-bond acceptors (Lipinski definition) is 2. The fraction of sp³-hybridized carbons (Fsp3) is 0.304. The number of nitrogens with one attached hydrogen (secondary N) is 1. The Morgan fingerprint density at radius 2 is 2.07 bits per heavy atom. The molecular formula is C23H22FIN2O3. The molecule has 1 atom stereocenters. The number of hydrogen-bond donors (Lipinski definition) is 2. The van der Waals surface area contributed by atoms with Gasteiger partial charge in [0, 0.05) is 32.6 Å². The highest BCUT2D eigenvalue weighted by Crippen LogP contribution is 2.33. The van der Waals surface area contributed by atoms with E-state index in [0.717, 1.165) is 37.7 Å². The second kappa shape index (κ2) is 8.75. The molecule has 0 aliphatic heterocycles. The van der Waals surface area contributed by atoms with Crippen molar-refractivity contribution >= 4 is 45.4 Å². The molecule has 0 spiro atoms. The molecule has 2 aromatic carbocycles. The van der Waals surface area contributed by atoms with Crippen molar-refractivity contribution < 1.29 is 19.1 Å². The van der Waals surface area contributed by atoms with Gasteiger partial charge < -0.3 is 15.0 Å². The highest BCUT2D eigenvalue weighted by Gasteiger charge is 2.27. The molecule has 1 aliphatic carbocycles. The number of carbonyl (C=O) groups is 2. The molecule has 4 rings (SSSR count). The van der Waals surface area contributed by atoms with E-state index in [-0.39, 0.29) is 24.3 Å². The number of amides is 1. The predicted molar refractivity (Wildman–Crippen MR) is 121 cm³/mol. The van der Waals surface area contributed by atoms with Crippen molar-refractivity contribution in [2.24, 2.45) is 0 Å². The Morgan fingerprint density at radius 1 is 1.23 bits per heavy atom. The summed E-state index contributed by atoms with van der Waals surface area (Å²) in [5.41, 5.74) is 3.74. The van der Waals surface area contributed by atoms with Gasteiger partial charge in [-0.25, -0.2) is 4.39 Å². The first kappa shape index (κ1) is 20.8. The monoisotopic (exact) mass is 520 g/mol. The second-order valence-corrected chi connectivity index (χ2v) is 8.95. The Bertz CT molecular complexity index is 1130. The molecule has 1 heterocycles. The summed E-state index contributed by atoms with van der Waals surface area (Å²) in [6.07, 6.45) is 3.07. The maximum Gasteiger partial charge on any atom is 0.323 e. The van der Waals surface area contributed by atoms with E-state index in [0.29, 0.717) is 25.7 Å². The van der Waals surface area contributed by atoms with Crippen LogP contribution in [0.4, 0.5) is 4.39 Å². The second-order valence-electron chi connectivity index (χ2n) is 7.70. The molecular weight excluding hydrogens is 498 g/mol. The quantitative estimate of drug-likeness (QED) is 0.482. The molecule has 7 heteroatoms.